The fourth-order valence-corrected chi connectivity index (χ4v) is 3.57. The summed E-state index contributed by atoms with van der Waals surface area (Å²) in [6.07, 6.45) is 1.29. The highest BCUT2D eigenvalue weighted by atomic mass is 79.9. The molecule has 1 fully saturated rings. The lowest BCUT2D eigenvalue weighted by Gasteiger charge is -2.27. The summed E-state index contributed by atoms with van der Waals surface area (Å²) in [5.41, 5.74) is 2.78. The van der Waals surface area contributed by atoms with Gasteiger partial charge >= 0.3 is 0 Å². The molecule has 2 nitrogen and oxygen atoms in total. The summed E-state index contributed by atoms with van der Waals surface area (Å²) in [6, 6.07) is 7.03. The normalized spacial score (nSPS) is 18.5. The van der Waals surface area contributed by atoms with Crippen molar-refractivity contribution in [2.75, 3.05) is 36.5 Å². The monoisotopic (exact) mass is 328 g/mol. The summed E-state index contributed by atoms with van der Waals surface area (Å²) in [7, 11) is 2.02. The molecule has 0 spiro atoms. The minimum absolute atomic E-state index is 0.383. The number of anilines is 1. The molecule has 1 N–H and O–H groups in total. The number of halogens is 1. The average molecular weight is 329 g/mol. The second-order valence-electron chi connectivity index (χ2n) is 4.67. The zero-order chi connectivity index (χ0) is 13.0. The van der Waals surface area contributed by atoms with E-state index in [0.717, 1.165) is 11.0 Å². The van der Waals surface area contributed by atoms with Gasteiger partial charge in [-0.1, -0.05) is 15.9 Å². The summed E-state index contributed by atoms with van der Waals surface area (Å²) in [5, 5.41) is 3.35. The molecule has 0 bridgehead atoms. The molecule has 1 aliphatic rings. The van der Waals surface area contributed by atoms with Crippen molar-refractivity contribution >= 4 is 33.4 Å². The van der Waals surface area contributed by atoms with E-state index in [1.807, 2.05) is 7.05 Å². The smallest absolute Gasteiger partial charge is 0.0415 e. The van der Waals surface area contributed by atoms with Crippen molar-refractivity contribution in [3.63, 3.8) is 0 Å². The van der Waals surface area contributed by atoms with Gasteiger partial charge in [0, 0.05) is 35.0 Å². The molecule has 1 aromatic rings. The third kappa shape index (κ3) is 3.43. The zero-order valence-corrected chi connectivity index (χ0v) is 13.5. The molecule has 1 unspecified atom stereocenters. The first-order valence-corrected chi connectivity index (χ1v) is 8.46. The maximum Gasteiger partial charge on any atom is 0.0415 e. The quantitative estimate of drug-likeness (QED) is 0.911. The number of hydrogen-bond donors (Lipinski definition) is 1. The van der Waals surface area contributed by atoms with E-state index >= 15 is 0 Å². The molecule has 0 amide bonds. The highest BCUT2D eigenvalue weighted by Crippen LogP contribution is 2.30. The van der Waals surface area contributed by atoms with E-state index in [-0.39, 0.29) is 0 Å². The van der Waals surface area contributed by atoms with Crippen molar-refractivity contribution in [1.82, 2.24) is 5.32 Å². The third-order valence-electron chi connectivity index (χ3n) is 3.45. The van der Waals surface area contributed by atoms with E-state index in [1.165, 1.54) is 35.7 Å². The van der Waals surface area contributed by atoms with Gasteiger partial charge in [-0.25, -0.2) is 0 Å². The molecule has 100 valence electrons. The predicted molar refractivity (Wildman–Crippen MR) is 85.8 cm³/mol. The van der Waals surface area contributed by atoms with Crippen molar-refractivity contribution in [2.24, 2.45) is 0 Å². The van der Waals surface area contributed by atoms with Crippen molar-refractivity contribution < 1.29 is 0 Å². The topological polar surface area (TPSA) is 15.3 Å². The Labute approximate surface area is 123 Å². The third-order valence-corrected chi connectivity index (χ3v) is 4.99. The Morgan fingerprint density at radius 1 is 1.33 bits per heavy atom. The Balaban J connectivity index is 2.29. The lowest BCUT2D eigenvalue weighted by molar-refractivity contribution is 0.647. The Morgan fingerprint density at radius 2 is 2.17 bits per heavy atom. The minimum Gasteiger partial charge on any atom is -0.370 e. The molecule has 0 aromatic heterocycles. The molecule has 2 rings (SSSR count). The highest BCUT2D eigenvalue weighted by Gasteiger charge is 2.16. The van der Waals surface area contributed by atoms with Gasteiger partial charge in [0.05, 0.1) is 0 Å². The van der Waals surface area contributed by atoms with Gasteiger partial charge in [0.1, 0.15) is 0 Å². The second kappa shape index (κ2) is 6.83. The van der Waals surface area contributed by atoms with Crippen LogP contribution in [0.5, 0.6) is 0 Å². The molecule has 0 aliphatic carbocycles. The number of hydrogen-bond acceptors (Lipinski definition) is 3. The zero-order valence-electron chi connectivity index (χ0n) is 11.1. The Kier molecular flexibility index (Phi) is 5.39. The van der Waals surface area contributed by atoms with Crippen molar-refractivity contribution in [3.8, 4) is 0 Å². The molecule has 1 aliphatic heterocycles. The van der Waals surface area contributed by atoms with Crippen molar-refractivity contribution in [3.05, 3.63) is 28.2 Å². The molecule has 0 saturated carbocycles. The van der Waals surface area contributed by atoms with Crippen LogP contribution < -0.4 is 10.2 Å². The predicted octanol–water partition coefficient (Wildman–Crippen LogP) is 3.67. The molecule has 1 saturated heterocycles. The van der Waals surface area contributed by atoms with Crippen LogP contribution in [0.1, 0.15) is 24.9 Å². The Morgan fingerprint density at radius 3 is 2.94 bits per heavy atom. The van der Waals surface area contributed by atoms with Crippen LogP contribution in [0.2, 0.25) is 0 Å². The van der Waals surface area contributed by atoms with Crippen LogP contribution in [-0.2, 0) is 0 Å². The first-order chi connectivity index (χ1) is 8.72. The summed E-state index contributed by atoms with van der Waals surface area (Å²) in [5.74, 6) is 2.54. The molecule has 0 radical (unpaired) electrons. The van der Waals surface area contributed by atoms with Gasteiger partial charge in [0.2, 0.25) is 0 Å². The van der Waals surface area contributed by atoms with Gasteiger partial charge in [0.25, 0.3) is 0 Å². The van der Waals surface area contributed by atoms with Gasteiger partial charge < -0.3 is 10.2 Å². The Bertz CT molecular complexity index is 389. The molecule has 4 heteroatoms. The van der Waals surface area contributed by atoms with E-state index < -0.39 is 0 Å². The fraction of sp³-hybridized carbons (Fsp3) is 0.571. The van der Waals surface area contributed by atoms with Gasteiger partial charge in [-0.3, -0.25) is 0 Å². The highest BCUT2D eigenvalue weighted by molar-refractivity contribution is 9.10. The molecule has 18 heavy (non-hydrogen) atoms. The lowest BCUT2D eigenvalue weighted by Crippen LogP contribution is -2.28. The van der Waals surface area contributed by atoms with Crippen LogP contribution in [0.4, 0.5) is 5.69 Å². The molecule has 1 atom stereocenters. The van der Waals surface area contributed by atoms with Gasteiger partial charge in [-0.2, -0.15) is 11.8 Å². The van der Waals surface area contributed by atoms with Crippen LogP contribution in [0.15, 0.2) is 22.7 Å². The minimum atomic E-state index is 0.383. The molecular formula is C14H21BrN2S. The van der Waals surface area contributed by atoms with E-state index in [1.54, 1.807) is 0 Å². The van der Waals surface area contributed by atoms with Gasteiger partial charge in [-0.05, 0) is 49.9 Å². The number of nitrogens with zero attached hydrogens (tertiary/aromatic N) is 1. The van der Waals surface area contributed by atoms with E-state index in [4.69, 9.17) is 0 Å². The average Bonchev–Trinajstić information content (AvgIpc) is 2.66. The van der Waals surface area contributed by atoms with Gasteiger partial charge in [0.15, 0.2) is 0 Å². The van der Waals surface area contributed by atoms with Crippen LogP contribution in [0, 0.1) is 0 Å². The standard InChI is InChI=1S/C14H21BrN2S/c1-11(16-2)13-10-12(15)4-5-14(13)17-6-3-8-18-9-7-17/h4-5,10-11,16H,3,6-9H2,1-2H3. The number of rotatable bonds is 3. The van der Waals surface area contributed by atoms with Crippen molar-refractivity contribution in [2.45, 2.75) is 19.4 Å². The summed E-state index contributed by atoms with van der Waals surface area (Å²) >= 11 is 5.65. The largest absolute Gasteiger partial charge is 0.370 e. The molecule has 1 aromatic carbocycles. The summed E-state index contributed by atoms with van der Waals surface area (Å²) in [4.78, 5) is 2.54. The summed E-state index contributed by atoms with van der Waals surface area (Å²) < 4.78 is 1.16. The van der Waals surface area contributed by atoms with Gasteiger partial charge in [-0.15, -0.1) is 0 Å². The maximum atomic E-state index is 3.58. The second-order valence-corrected chi connectivity index (χ2v) is 6.81. The SMILES string of the molecule is CNC(C)c1cc(Br)ccc1N1CCCSCC1. The van der Waals surface area contributed by atoms with Crippen LogP contribution in [-0.4, -0.2) is 31.6 Å². The van der Waals surface area contributed by atoms with Crippen LogP contribution >= 0.6 is 27.7 Å². The van der Waals surface area contributed by atoms with E-state index in [0.29, 0.717) is 6.04 Å². The van der Waals surface area contributed by atoms with Crippen LogP contribution in [0.25, 0.3) is 0 Å². The maximum absolute atomic E-state index is 3.58. The summed E-state index contributed by atoms with van der Waals surface area (Å²) in [6.45, 7) is 4.56. The first kappa shape index (κ1) is 14.2. The Hall–Kier alpha value is -0.190. The molecule has 1 heterocycles. The molecular weight excluding hydrogens is 308 g/mol. The fourth-order valence-electron chi connectivity index (χ4n) is 2.30. The van der Waals surface area contributed by atoms with E-state index in [2.05, 4.69) is 63.0 Å². The number of thioether (sulfide) groups is 1. The lowest BCUT2D eigenvalue weighted by atomic mass is 10.1. The first-order valence-electron chi connectivity index (χ1n) is 6.52. The van der Waals surface area contributed by atoms with Crippen molar-refractivity contribution in [1.29, 1.82) is 0 Å². The van der Waals surface area contributed by atoms with E-state index in [9.17, 15) is 0 Å². The number of nitrogens with one attached hydrogen (secondary N) is 1. The number of benzene rings is 1. The van der Waals surface area contributed by atoms with Crippen LogP contribution in [0.3, 0.4) is 0 Å².